The first-order valence-electron chi connectivity index (χ1n) is 7.19. The van der Waals surface area contributed by atoms with Crippen molar-refractivity contribution in [3.63, 3.8) is 0 Å². The predicted molar refractivity (Wildman–Crippen MR) is 84.6 cm³/mol. The average Bonchev–Trinajstić information content (AvgIpc) is 2.55. The zero-order chi connectivity index (χ0) is 18.2. The maximum Gasteiger partial charge on any atom is 0.326 e. The molecule has 8 heteroatoms. The molecule has 25 heavy (non-hydrogen) atoms. The minimum absolute atomic E-state index is 0.101. The van der Waals surface area contributed by atoms with Gasteiger partial charge in [0, 0.05) is 0 Å². The van der Waals surface area contributed by atoms with Crippen molar-refractivity contribution < 1.29 is 27.9 Å². The molecular weight excluding hydrogens is 334 g/mol. The Kier molecular flexibility index (Phi) is 6.16. The number of urea groups is 1. The molecule has 6 nitrogen and oxygen atoms in total. The van der Waals surface area contributed by atoms with Crippen LogP contribution in [0.2, 0.25) is 0 Å². The molecule has 0 aromatic heterocycles. The Morgan fingerprint density at radius 3 is 2.48 bits per heavy atom. The molecule has 2 N–H and O–H groups in total. The van der Waals surface area contributed by atoms with Crippen molar-refractivity contribution >= 4 is 23.6 Å². The number of hydrogen-bond donors (Lipinski definition) is 2. The Balaban J connectivity index is 1.75. The van der Waals surface area contributed by atoms with E-state index in [-0.39, 0.29) is 12.1 Å². The van der Waals surface area contributed by atoms with Gasteiger partial charge in [0.25, 0.3) is 5.91 Å². The smallest absolute Gasteiger partial charge is 0.326 e. The van der Waals surface area contributed by atoms with Gasteiger partial charge in [0.1, 0.15) is 11.6 Å². The molecule has 0 heterocycles. The van der Waals surface area contributed by atoms with Crippen LogP contribution in [0.5, 0.6) is 0 Å². The van der Waals surface area contributed by atoms with E-state index in [0.717, 1.165) is 6.07 Å². The Labute approximate surface area is 141 Å². The van der Waals surface area contributed by atoms with E-state index in [0.29, 0.717) is 5.56 Å². The van der Waals surface area contributed by atoms with Gasteiger partial charge in [-0.05, 0) is 29.8 Å². The van der Waals surface area contributed by atoms with Gasteiger partial charge in [0.2, 0.25) is 0 Å². The molecule has 0 aliphatic rings. The molecule has 0 radical (unpaired) electrons. The summed E-state index contributed by atoms with van der Waals surface area (Å²) in [5.41, 5.74) is 0.290. The number of hydrogen-bond acceptors (Lipinski definition) is 4. The van der Waals surface area contributed by atoms with Crippen molar-refractivity contribution in [1.29, 1.82) is 0 Å². The molecule has 130 valence electrons. The molecule has 0 atom stereocenters. The number of benzene rings is 2. The number of amides is 3. The zero-order valence-electron chi connectivity index (χ0n) is 12.9. The summed E-state index contributed by atoms with van der Waals surface area (Å²) in [7, 11) is 0. The number of esters is 1. The van der Waals surface area contributed by atoms with Crippen LogP contribution in [-0.4, -0.2) is 24.5 Å². The van der Waals surface area contributed by atoms with Crippen LogP contribution in [-0.2, 0) is 20.7 Å². The molecular formula is C17H14F2N2O4. The number of carbonyl (C=O) groups excluding carboxylic acids is 3. The Morgan fingerprint density at radius 2 is 1.76 bits per heavy atom. The van der Waals surface area contributed by atoms with Gasteiger partial charge in [-0.1, -0.05) is 24.3 Å². The van der Waals surface area contributed by atoms with Crippen molar-refractivity contribution in [3.8, 4) is 0 Å². The summed E-state index contributed by atoms with van der Waals surface area (Å²) in [6.45, 7) is -0.696. The van der Waals surface area contributed by atoms with Crippen molar-refractivity contribution in [2.45, 2.75) is 6.42 Å². The summed E-state index contributed by atoms with van der Waals surface area (Å²) in [5, 5.41) is 4.04. The topological polar surface area (TPSA) is 84.5 Å². The molecule has 3 amide bonds. The van der Waals surface area contributed by atoms with E-state index in [2.05, 4.69) is 5.32 Å². The molecule has 0 unspecified atom stereocenters. The van der Waals surface area contributed by atoms with Crippen molar-refractivity contribution in [3.05, 3.63) is 65.7 Å². The largest absolute Gasteiger partial charge is 0.455 e. The minimum atomic E-state index is -0.962. The fraction of sp³-hybridized carbons (Fsp3) is 0.118. The number of para-hydroxylation sites is 1. The molecule has 0 saturated carbocycles. The van der Waals surface area contributed by atoms with E-state index in [1.807, 2.05) is 5.32 Å². The van der Waals surface area contributed by atoms with Gasteiger partial charge >= 0.3 is 12.0 Å². The third-order valence-corrected chi connectivity index (χ3v) is 2.98. The van der Waals surface area contributed by atoms with Crippen molar-refractivity contribution in [1.82, 2.24) is 5.32 Å². The summed E-state index contributed by atoms with van der Waals surface area (Å²) in [6, 6.07) is 9.83. The van der Waals surface area contributed by atoms with E-state index in [1.54, 1.807) is 0 Å². The molecule has 2 aromatic rings. The Bertz CT molecular complexity index is 796. The van der Waals surface area contributed by atoms with Crippen LogP contribution in [0.1, 0.15) is 5.56 Å². The molecule has 0 aliphatic carbocycles. The molecule has 0 fully saturated rings. The Hall–Kier alpha value is -3.29. The van der Waals surface area contributed by atoms with Crippen LogP contribution in [0.15, 0.2) is 48.5 Å². The zero-order valence-corrected chi connectivity index (χ0v) is 12.9. The number of ether oxygens (including phenoxy) is 1. The third-order valence-electron chi connectivity index (χ3n) is 2.98. The second-order valence-electron chi connectivity index (χ2n) is 4.95. The number of anilines is 1. The number of nitrogens with one attached hydrogen (secondary N) is 2. The normalized spacial score (nSPS) is 10.0. The summed E-state index contributed by atoms with van der Waals surface area (Å²) < 4.78 is 31.0. The van der Waals surface area contributed by atoms with Crippen LogP contribution in [0.3, 0.4) is 0 Å². The maximum absolute atomic E-state index is 13.4. The quantitative estimate of drug-likeness (QED) is 0.813. The van der Waals surface area contributed by atoms with Gasteiger partial charge in [-0.15, -0.1) is 0 Å². The van der Waals surface area contributed by atoms with Crippen LogP contribution in [0, 0.1) is 11.6 Å². The summed E-state index contributed by atoms with van der Waals surface area (Å²) in [6.07, 6.45) is -0.216. The lowest BCUT2D eigenvalue weighted by Crippen LogP contribution is -2.37. The van der Waals surface area contributed by atoms with E-state index in [1.165, 1.54) is 42.5 Å². The number of imide groups is 1. The summed E-state index contributed by atoms with van der Waals surface area (Å²) in [5.74, 6) is -2.80. The maximum atomic E-state index is 13.4. The molecule has 0 spiro atoms. The van der Waals surface area contributed by atoms with E-state index >= 15 is 0 Å². The van der Waals surface area contributed by atoms with Crippen LogP contribution in [0.4, 0.5) is 19.3 Å². The van der Waals surface area contributed by atoms with E-state index < -0.39 is 36.1 Å². The van der Waals surface area contributed by atoms with Crippen molar-refractivity contribution in [2.24, 2.45) is 0 Å². The highest BCUT2D eigenvalue weighted by molar-refractivity contribution is 6.01. The lowest BCUT2D eigenvalue weighted by Gasteiger charge is -2.08. The van der Waals surface area contributed by atoms with Crippen molar-refractivity contribution in [2.75, 3.05) is 11.9 Å². The first-order valence-corrected chi connectivity index (χ1v) is 7.19. The highest BCUT2D eigenvalue weighted by atomic mass is 19.1. The number of halogens is 2. The fourth-order valence-electron chi connectivity index (χ4n) is 1.89. The fourth-order valence-corrected chi connectivity index (χ4v) is 1.89. The van der Waals surface area contributed by atoms with Gasteiger partial charge in [-0.2, -0.15) is 0 Å². The van der Waals surface area contributed by atoms with Gasteiger partial charge in [-0.3, -0.25) is 14.9 Å². The minimum Gasteiger partial charge on any atom is -0.455 e. The van der Waals surface area contributed by atoms with E-state index in [9.17, 15) is 23.2 Å². The van der Waals surface area contributed by atoms with Gasteiger partial charge in [-0.25, -0.2) is 13.6 Å². The third kappa shape index (κ3) is 6.02. The highest BCUT2D eigenvalue weighted by Gasteiger charge is 2.13. The van der Waals surface area contributed by atoms with Gasteiger partial charge < -0.3 is 10.1 Å². The molecule has 0 aliphatic heterocycles. The van der Waals surface area contributed by atoms with Crippen LogP contribution < -0.4 is 10.6 Å². The summed E-state index contributed by atoms with van der Waals surface area (Å²) >= 11 is 0. The monoisotopic (exact) mass is 348 g/mol. The van der Waals surface area contributed by atoms with Crippen LogP contribution in [0.25, 0.3) is 0 Å². The lowest BCUT2D eigenvalue weighted by molar-refractivity contribution is -0.147. The SMILES string of the molecule is O=C(COC(=O)Cc1cccc(F)c1)NC(=O)Nc1ccccc1F. The standard InChI is InChI=1S/C17H14F2N2O4/c18-12-5-3-4-11(8-12)9-16(23)25-10-15(22)21-17(24)20-14-7-2-1-6-13(14)19/h1-8H,9-10H2,(H2,20,21,22,24). The molecule has 2 rings (SSSR count). The van der Waals surface area contributed by atoms with E-state index in [4.69, 9.17) is 4.74 Å². The average molecular weight is 348 g/mol. The Morgan fingerprint density at radius 1 is 1.00 bits per heavy atom. The predicted octanol–water partition coefficient (Wildman–Crippen LogP) is 2.40. The first-order chi connectivity index (χ1) is 11.9. The number of rotatable bonds is 5. The second-order valence-corrected chi connectivity index (χ2v) is 4.95. The molecule has 2 aromatic carbocycles. The summed E-state index contributed by atoms with van der Waals surface area (Å²) in [4.78, 5) is 34.7. The van der Waals surface area contributed by atoms with Crippen LogP contribution >= 0.6 is 0 Å². The molecule has 0 bridgehead atoms. The first kappa shape index (κ1) is 18.1. The molecule has 0 saturated heterocycles. The van der Waals surface area contributed by atoms with Gasteiger partial charge in [0.15, 0.2) is 6.61 Å². The van der Waals surface area contributed by atoms with Gasteiger partial charge in [0.05, 0.1) is 12.1 Å². The highest BCUT2D eigenvalue weighted by Crippen LogP contribution is 2.11. The number of carbonyl (C=O) groups is 3. The lowest BCUT2D eigenvalue weighted by atomic mass is 10.1. The second kappa shape index (κ2) is 8.53.